The molecule has 0 fully saturated rings. The van der Waals surface area contributed by atoms with Gasteiger partial charge in [-0.25, -0.2) is 19.5 Å². The van der Waals surface area contributed by atoms with Crippen LogP contribution >= 0.6 is 27.5 Å². The smallest absolute Gasteiger partial charge is 0.417 e. The van der Waals surface area contributed by atoms with Crippen LogP contribution in [0.2, 0.25) is 5.02 Å². The van der Waals surface area contributed by atoms with E-state index in [1.807, 2.05) is 0 Å². The zero-order chi connectivity index (χ0) is 28.4. The number of alkyl halides is 3. The van der Waals surface area contributed by atoms with E-state index in [9.17, 15) is 32.3 Å². The van der Waals surface area contributed by atoms with Crippen LogP contribution in [-0.4, -0.2) is 54.9 Å². The molecule has 1 aliphatic heterocycles. The molecule has 14 heteroatoms. The number of benzene rings is 2. The number of esters is 2. The number of hydrogen-bond donors (Lipinski definition) is 0. The van der Waals surface area contributed by atoms with Gasteiger partial charge in [-0.3, -0.25) is 9.59 Å². The number of nitrogens with zero attached hydrogens (tertiary/aromatic N) is 3. The Bertz CT molecular complexity index is 1320. The lowest BCUT2D eigenvalue weighted by molar-refractivity contribution is -0.151. The summed E-state index contributed by atoms with van der Waals surface area (Å²) in [5.41, 5.74) is -2.87. The SMILES string of the molecule is CCOC(=O)C1(C)CN(C(=O)N(C(=O)C(=O)OC)c2ccc(Br)cc2)N=C1c1ccc(C(F)(F)F)c(Cl)c1. The Hall–Kier alpha value is -3.45. The first kappa shape index (κ1) is 29.1. The standard InChI is InChI=1S/C24H20BrClF3N3O6/c1-4-38-21(35)23(2)12-31(30-18(23)13-5-10-16(17(26)11-13)24(27,28)29)22(36)32(19(33)20(34)37-3)15-8-6-14(25)7-9-15/h5-11H,4,12H2,1-3H3. The number of methoxy groups -OCH3 is 1. The number of amides is 3. The molecular weight excluding hydrogens is 599 g/mol. The van der Waals surface area contributed by atoms with E-state index in [1.165, 1.54) is 31.2 Å². The lowest BCUT2D eigenvalue weighted by Crippen LogP contribution is -2.49. The van der Waals surface area contributed by atoms with Gasteiger partial charge in [0, 0.05) is 10.0 Å². The van der Waals surface area contributed by atoms with Crippen LogP contribution in [0.25, 0.3) is 0 Å². The van der Waals surface area contributed by atoms with Crippen molar-refractivity contribution in [2.45, 2.75) is 20.0 Å². The van der Waals surface area contributed by atoms with E-state index in [4.69, 9.17) is 16.3 Å². The highest BCUT2D eigenvalue weighted by molar-refractivity contribution is 9.10. The van der Waals surface area contributed by atoms with Crippen LogP contribution in [0.3, 0.4) is 0 Å². The largest absolute Gasteiger partial charge is 0.465 e. The molecule has 2 aromatic carbocycles. The number of hydrogen-bond acceptors (Lipinski definition) is 7. The van der Waals surface area contributed by atoms with Crippen LogP contribution in [0.15, 0.2) is 52.0 Å². The van der Waals surface area contributed by atoms with Crippen molar-refractivity contribution in [1.82, 2.24) is 5.01 Å². The van der Waals surface area contributed by atoms with Crippen molar-refractivity contribution in [3.8, 4) is 0 Å². The predicted molar refractivity (Wildman–Crippen MR) is 133 cm³/mol. The van der Waals surface area contributed by atoms with Crippen molar-refractivity contribution in [3.63, 3.8) is 0 Å². The minimum atomic E-state index is -4.72. The average molecular weight is 619 g/mol. The van der Waals surface area contributed by atoms with Crippen LogP contribution in [0.4, 0.5) is 23.7 Å². The number of hydrazone groups is 1. The zero-order valence-electron chi connectivity index (χ0n) is 20.1. The number of anilines is 1. The van der Waals surface area contributed by atoms with Crippen molar-refractivity contribution < 1.29 is 41.8 Å². The Morgan fingerprint density at radius 2 is 1.79 bits per heavy atom. The van der Waals surface area contributed by atoms with Gasteiger partial charge in [0.15, 0.2) is 0 Å². The molecule has 1 heterocycles. The summed E-state index contributed by atoms with van der Waals surface area (Å²) in [6, 6.07) is 7.44. The number of urea groups is 1. The second kappa shape index (κ2) is 11.1. The molecule has 0 aliphatic carbocycles. The highest BCUT2D eigenvalue weighted by atomic mass is 79.9. The van der Waals surface area contributed by atoms with E-state index < -0.39 is 52.6 Å². The number of carbonyl (C=O) groups excluding carboxylic acids is 4. The summed E-state index contributed by atoms with van der Waals surface area (Å²) in [5.74, 6) is -3.49. The molecule has 9 nitrogen and oxygen atoms in total. The van der Waals surface area contributed by atoms with E-state index in [-0.39, 0.29) is 23.6 Å². The Kier molecular flexibility index (Phi) is 8.52. The van der Waals surface area contributed by atoms with Crippen LogP contribution in [0, 0.1) is 5.41 Å². The lowest BCUT2D eigenvalue weighted by atomic mass is 9.82. The van der Waals surface area contributed by atoms with E-state index >= 15 is 0 Å². The highest BCUT2D eigenvalue weighted by Gasteiger charge is 2.50. The Morgan fingerprint density at radius 1 is 1.16 bits per heavy atom. The quantitative estimate of drug-likeness (QED) is 0.351. The van der Waals surface area contributed by atoms with Gasteiger partial charge in [0.25, 0.3) is 0 Å². The molecule has 0 spiro atoms. The topological polar surface area (TPSA) is 106 Å². The van der Waals surface area contributed by atoms with E-state index in [0.29, 0.717) is 9.37 Å². The van der Waals surface area contributed by atoms with Gasteiger partial charge in [-0.15, -0.1) is 0 Å². The van der Waals surface area contributed by atoms with Crippen LogP contribution in [0.5, 0.6) is 0 Å². The minimum absolute atomic E-state index is 0.00679. The summed E-state index contributed by atoms with van der Waals surface area (Å²) in [6.45, 7) is 2.44. The fourth-order valence-corrected chi connectivity index (χ4v) is 4.22. The Morgan fingerprint density at radius 3 is 2.32 bits per heavy atom. The molecule has 0 radical (unpaired) electrons. The number of rotatable bonds is 4. The summed E-state index contributed by atoms with van der Waals surface area (Å²) in [5, 5.41) is 4.29. The molecule has 2 aromatic rings. The second-order valence-electron chi connectivity index (χ2n) is 8.14. The molecule has 3 rings (SSSR count). The molecule has 202 valence electrons. The first-order valence-corrected chi connectivity index (χ1v) is 12.0. The third kappa shape index (κ3) is 5.68. The van der Waals surface area contributed by atoms with Gasteiger partial charge in [0.1, 0.15) is 5.41 Å². The van der Waals surface area contributed by atoms with Gasteiger partial charge in [-0.05, 0) is 50.2 Å². The summed E-state index contributed by atoms with van der Waals surface area (Å²) in [6.07, 6.45) is -4.72. The highest BCUT2D eigenvalue weighted by Crippen LogP contribution is 2.38. The van der Waals surface area contributed by atoms with Crippen LogP contribution in [0.1, 0.15) is 25.0 Å². The van der Waals surface area contributed by atoms with E-state index in [0.717, 1.165) is 30.3 Å². The third-order valence-corrected chi connectivity index (χ3v) is 6.38. The number of ether oxygens (including phenoxy) is 2. The van der Waals surface area contributed by atoms with Gasteiger partial charge in [-0.2, -0.15) is 18.3 Å². The molecular formula is C24H20BrClF3N3O6. The Balaban J connectivity index is 2.12. The fourth-order valence-electron chi connectivity index (χ4n) is 3.67. The lowest BCUT2D eigenvalue weighted by Gasteiger charge is -2.26. The van der Waals surface area contributed by atoms with Crippen LogP contribution in [-0.2, 0) is 30.0 Å². The molecule has 1 atom stereocenters. The van der Waals surface area contributed by atoms with Gasteiger partial charge < -0.3 is 9.47 Å². The Labute approximate surface area is 228 Å². The van der Waals surface area contributed by atoms with Crippen molar-refractivity contribution in [2.24, 2.45) is 10.5 Å². The number of halogens is 5. The molecule has 0 saturated carbocycles. The molecule has 0 aromatic heterocycles. The fraction of sp³-hybridized carbons (Fsp3) is 0.292. The summed E-state index contributed by atoms with van der Waals surface area (Å²) < 4.78 is 49.9. The first-order chi connectivity index (χ1) is 17.7. The summed E-state index contributed by atoms with van der Waals surface area (Å²) in [4.78, 5) is 51.9. The molecule has 38 heavy (non-hydrogen) atoms. The molecule has 0 bridgehead atoms. The van der Waals surface area contributed by atoms with E-state index in [1.54, 1.807) is 6.92 Å². The second-order valence-corrected chi connectivity index (χ2v) is 9.47. The summed E-state index contributed by atoms with van der Waals surface area (Å²) >= 11 is 9.12. The average Bonchev–Trinajstić information content (AvgIpc) is 3.22. The monoisotopic (exact) mass is 617 g/mol. The van der Waals surface area contributed by atoms with Gasteiger partial charge in [-0.1, -0.05) is 33.6 Å². The first-order valence-electron chi connectivity index (χ1n) is 10.9. The number of carbonyl (C=O) groups is 4. The number of imide groups is 1. The van der Waals surface area contributed by atoms with Crippen molar-refractivity contribution in [1.29, 1.82) is 0 Å². The molecule has 3 amide bonds. The maximum atomic E-state index is 13.6. The van der Waals surface area contributed by atoms with Gasteiger partial charge in [0.05, 0.1) is 42.2 Å². The third-order valence-electron chi connectivity index (χ3n) is 5.54. The van der Waals surface area contributed by atoms with Crippen molar-refractivity contribution >= 4 is 62.8 Å². The minimum Gasteiger partial charge on any atom is -0.465 e. The van der Waals surface area contributed by atoms with Crippen LogP contribution < -0.4 is 4.90 Å². The molecule has 0 saturated heterocycles. The maximum absolute atomic E-state index is 13.6. The van der Waals surface area contributed by atoms with E-state index in [2.05, 4.69) is 25.8 Å². The normalized spacial score (nSPS) is 17.1. The zero-order valence-corrected chi connectivity index (χ0v) is 22.5. The predicted octanol–water partition coefficient (Wildman–Crippen LogP) is 5.04. The molecule has 1 aliphatic rings. The van der Waals surface area contributed by atoms with Gasteiger partial charge in [0.2, 0.25) is 0 Å². The van der Waals surface area contributed by atoms with Crippen molar-refractivity contribution in [3.05, 3.63) is 63.1 Å². The maximum Gasteiger partial charge on any atom is 0.417 e. The van der Waals surface area contributed by atoms with Crippen molar-refractivity contribution in [2.75, 3.05) is 25.2 Å². The molecule has 1 unspecified atom stereocenters. The molecule has 0 N–H and O–H groups in total. The summed E-state index contributed by atoms with van der Waals surface area (Å²) in [7, 11) is 0.961. The van der Waals surface area contributed by atoms with Gasteiger partial charge >= 0.3 is 30.1 Å².